The van der Waals surface area contributed by atoms with Crippen molar-refractivity contribution >= 4 is 26.3 Å². The lowest BCUT2D eigenvalue weighted by Crippen LogP contribution is -2.08. The molecule has 0 aliphatic carbocycles. The van der Waals surface area contributed by atoms with Crippen LogP contribution in [0.15, 0.2) is 61.3 Å². The minimum absolute atomic E-state index is 0.128. The van der Waals surface area contributed by atoms with Crippen molar-refractivity contribution in [2.24, 2.45) is 0 Å². The molecule has 0 radical (unpaired) electrons. The van der Waals surface area contributed by atoms with Gasteiger partial charge in [-0.15, -0.1) is 0 Å². The van der Waals surface area contributed by atoms with Crippen molar-refractivity contribution in [1.82, 2.24) is 24.3 Å². The first-order valence-electron chi connectivity index (χ1n) is 10.8. The topological polar surface area (TPSA) is 57.8 Å². The van der Waals surface area contributed by atoms with E-state index in [1.54, 1.807) is 22.9 Å². The summed E-state index contributed by atoms with van der Waals surface area (Å²) in [7, 11) is 2.17. The summed E-state index contributed by atoms with van der Waals surface area (Å²) < 4.78 is 23.5. The third-order valence-corrected chi connectivity index (χ3v) is 5.47. The molecular weight excluding hydrogens is 436 g/mol. The Kier molecular flexibility index (Phi) is 6.70. The van der Waals surface area contributed by atoms with Crippen LogP contribution in [-0.2, 0) is 6.54 Å². The van der Waals surface area contributed by atoms with Gasteiger partial charge in [0.1, 0.15) is 22.9 Å². The zero-order valence-corrected chi connectivity index (χ0v) is 20.1. The molecule has 0 N–H and O–H groups in total. The summed E-state index contributed by atoms with van der Waals surface area (Å²) in [5.74, 6) is -0.514. The van der Waals surface area contributed by atoms with E-state index in [0.29, 0.717) is 17.5 Å². The summed E-state index contributed by atoms with van der Waals surface area (Å²) in [6, 6.07) is 12.1. The van der Waals surface area contributed by atoms with Crippen LogP contribution in [0.1, 0.15) is 31.3 Å². The number of alkyl halides is 1. The van der Waals surface area contributed by atoms with Crippen molar-refractivity contribution < 1.29 is 9.13 Å². The fraction of sp³-hybridized carbons (Fsp3) is 0.240. The maximum atomic E-state index is 13.8. The van der Waals surface area contributed by atoms with Gasteiger partial charge in [-0.25, -0.2) is 4.39 Å². The van der Waals surface area contributed by atoms with Crippen molar-refractivity contribution in [3.05, 3.63) is 72.7 Å². The Bertz CT molecular complexity index is 1300. The number of ether oxygens (including phenoxy) is 1. The lowest BCUT2D eigenvalue weighted by molar-refractivity contribution is 0.358. The van der Waals surface area contributed by atoms with Crippen molar-refractivity contribution in [2.45, 2.75) is 39.3 Å². The van der Waals surface area contributed by atoms with Crippen LogP contribution in [0.25, 0.3) is 28.4 Å². The molecule has 0 saturated carbocycles. The highest BCUT2D eigenvalue weighted by Gasteiger charge is 2.18. The number of benzene rings is 1. The molecule has 6 nitrogen and oxygen atoms in total. The van der Waals surface area contributed by atoms with Gasteiger partial charge in [-0.05, 0) is 63.2 Å². The molecule has 0 saturated heterocycles. The number of pyridine rings is 1. The van der Waals surface area contributed by atoms with Crippen molar-refractivity contribution in [3.8, 4) is 23.0 Å². The van der Waals surface area contributed by atoms with E-state index in [1.807, 2.05) is 54.1 Å². The zero-order chi connectivity index (χ0) is 23.5. The molecule has 3 heterocycles. The van der Waals surface area contributed by atoms with Crippen molar-refractivity contribution in [2.75, 3.05) is 0 Å². The molecular formula is C25H27FN5OP. The molecule has 0 aliphatic heterocycles. The third kappa shape index (κ3) is 4.74. The summed E-state index contributed by atoms with van der Waals surface area (Å²) in [4.78, 5) is 9.09. The Labute approximate surface area is 195 Å². The summed E-state index contributed by atoms with van der Waals surface area (Å²) in [5, 5.41) is 4.80. The predicted molar refractivity (Wildman–Crippen MR) is 134 cm³/mol. The van der Waals surface area contributed by atoms with Crippen molar-refractivity contribution in [3.63, 3.8) is 0 Å². The molecule has 4 aromatic rings. The van der Waals surface area contributed by atoms with Crippen LogP contribution in [0.3, 0.4) is 0 Å². The highest BCUT2D eigenvalue weighted by molar-refractivity contribution is 7.17. The smallest absolute Gasteiger partial charge is 0.302 e. The number of nitrogens with zero attached hydrogens (tertiary/aromatic N) is 5. The van der Waals surface area contributed by atoms with Gasteiger partial charge in [-0.2, -0.15) is 10.1 Å². The minimum atomic E-state index is -1.12. The number of hydrogen-bond donors (Lipinski definition) is 0. The fourth-order valence-electron chi connectivity index (χ4n) is 3.66. The number of aromatic nitrogens is 5. The maximum absolute atomic E-state index is 13.8. The maximum Gasteiger partial charge on any atom is 0.302 e. The highest BCUT2D eigenvalue weighted by atomic mass is 31.0. The van der Waals surface area contributed by atoms with Crippen LogP contribution in [0.4, 0.5) is 4.39 Å². The molecule has 0 fully saturated rings. The second kappa shape index (κ2) is 9.67. The molecule has 170 valence electrons. The van der Waals surface area contributed by atoms with E-state index >= 15 is 0 Å². The predicted octanol–water partition coefficient (Wildman–Crippen LogP) is 6.35. The van der Waals surface area contributed by atoms with Gasteiger partial charge >= 0.3 is 6.01 Å². The molecule has 0 bridgehead atoms. The molecule has 33 heavy (non-hydrogen) atoms. The molecule has 2 atom stereocenters. The van der Waals surface area contributed by atoms with E-state index in [9.17, 15) is 4.39 Å². The lowest BCUT2D eigenvalue weighted by Gasteiger charge is -2.11. The first-order chi connectivity index (χ1) is 15.9. The molecule has 3 aromatic heterocycles. The lowest BCUT2D eigenvalue weighted by atomic mass is 10.1. The Hall–Kier alpha value is -3.31. The zero-order valence-electron chi connectivity index (χ0n) is 18.9. The summed E-state index contributed by atoms with van der Waals surface area (Å²) in [5.41, 5.74) is 5.15. The van der Waals surface area contributed by atoms with Gasteiger partial charge in [0.2, 0.25) is 0 Å². The number of hydrogen-bond acceptors (Lipinski definition) is 4. The van der Waals surface area contributed by atoms with E-state index < -0.39 is 5.91 Å². The first kappa shape index (κ1) is 22.9. The molecule has 1 aromatic carbocycles. The molecule has 0 spiro atoms. The van der Waals surface area contributed by atoms with E-state index in [4.69, 9.17) is 9.84 Å². The van der Waals surface area contributed by atoms with Crippen LogP contribution in [0, 0.1) is 6.92 Å². The Morgan fingerprint density at radius 2 is 1.97 bits per heavy atom. The third-order valence-electron chi connectivity index (χ3n) is 5.26. The van der Waals surface area contributed by atoms with Crippen LogP contribution >= 0.6 is 9.24 Å². The summed E-state index contributed by atoms with van der Waals surface area (Å²) >= 11 is 0. The molecule has 4 rings (SSSR count). The summed E-state index contributed by atoms with van der Waals surface area (Å²) in [6.07, 6.45) is 7.07. The van der Waals surface area contributed by atoms with Gasteiger partial charge in [0, 0.05) is 23.5 Å². The number of allylic oxidation sites excluding steroid dienone is 2. The Morgan fingerprint density at radius 3 is 2.64 bits per heavy atom. The van der Waals surface area contributed by atoms with Gasteiger partial charge in [-0.1, -0.05) is 28.0 Å². The van der Waals surface area contributed by atoms with Crippen LogP contribution in [-0.4, -0.2) is 30.2 Å². The molecule has 0 aliphatic rings. The van der Waals surface area contributed by atoms with Crippen LogP contribution in [0.2, 0.25) is 0 Å². The molecule has 2 unspecified atom stereocenters. The largest absolute Gasteiger partial charge is 0.425 e. The van der Waals surface area contributed by atoms with Gasteiger partial charge in [0.15, 0.2) is 0 Å². The monoisotopic (exact) mass is 463 g/mol. The normalized spacial score (nSPS) is 12.7. The Balaban J connectivity index is 1.66. The standard InChI is InChI=1S/C25H27FN5OP/c1-5-6-8-20-17(4)30(15-22(26)33)25(28-20)32-19-12-10-18(11-13-19)23-24-21(9-7-14-27-24)31(29-23)16(2)3/h5-14,16,22H,1,15,33H2,2-4H3/b8-6-. The van der Waals surface area contributed by atoms with Crippen LogP contribution in [0.5, 0.6) is 11.8 Å². The van der Waals surface area contributed by atoms with Crippen LogP contribution < -0.4 is 4.74 Å². The van der Waals surface area contributed by atoms with Crippen molar-refractivity contribution in [1.29, 1.82) is 0 Å². The van der Waals surface area contributed by atoms with Gasteiger partial charge in [-0.3, -0.25) is 14.2 Å². The van der Waals surface area contributed by atoms with Gasteiger partial charge < -0.3 is 4.74 Å². The molecule has 8 heteroatoms. The van der Waals surface area contributed by atoms with Gasteiger partial charge in [0.05, 0.1) is 17.8 Å². The van der Waals surface area contributed by atoms with E-state index in [1.165, 1.54) is 0 Å². The average Bonchev–Trinajstić information content (AvgIpc) is 3.32. The summed E-state index contributed by atoms with van der Waals surface area (Å²) in [6.45, 7) is 9.90. The number of rotatable bonds is 8. The second-order valence-electron chi connectivity index (χ2n) is 7.97. The SMILES string of the molecule is C=C/C=C\c1nc(Oc2ccc(-c3nn(C(C)C)c4cccnc34)cc2)n(CC(F)P)c1C. The fourth-order valence-corrected chi connectivity index (χ4v) is 3.87. The highest BCUT2D eigenvalue weighted by Crippen LogP contribution is 2.31. The van der Waals surface area contributed by atoms with E-state index in [2.05, 4.69) is 39.6 Å². The van der Waals surface area contributed by atoms with E-state index in [0.717, 1.165) is 28.0 Å². The first-order valence-corrected chi connectivity index (χ1v) is 11.4. The minimum Gasteiger partial charge on any atom is -0.425 e. The van der Waals surface area contributed by atoms with Gasteiger partial charge in [0.25, 0.3) is 0 Å². The molecule has 0 amide bonds. The second-order valence-corrected chi connectivity index (χ2v) is 8.69. The number of halogens is 1. The number of imidazole rings is 1. The Morgan fingerprint density at radius 1 is 1.21 bits per heavy atom. The average molecular weight is 463 g/mol. The quantitative estimate of drug-likeness (QED) is 0.226. The van der Waals surface area contributed by atoms with E-state index in [-0.39, 0.29) is 12.6 Å². The number of fused-ring (bicyclic) bond motifs is 1.